The molecule has 8 heteroatoms. The lowest BCUT2D eigenvalue weighted by atomic mass is 10.1. The smallest absolute Gasteiger partial charge is 0.353 e. The summed E-state index contributed by atoms with van der Waals surface area (Å²) in [6.07, 6.45) is 1.45. The van der Waals surface area contributed by atoms with Crippen molar-refractivity contribution >= 4 is 41.0 Å². The fourth-order valence-electron chi connectivity index (χ4n) is 2.42. The molecule has 0 spiro atoms. The summed E-state index contributed by atoms with van der Waals surface area (Å²) in [5, 5.41) is 6.10. The van der Waals surface area contributed by atoms with Crippen molar-refractivity contribution in [3.63, 3.8) is 0 Å². The monoisotopic (exact) mass is 428 g/mol. The van der Waals surface area contributed by atoms with E-state index < -0.39 is 11.9 Å². The maximum absolute atomic E-state index is 12.2. The summed E-state index contributed by atoms with van der Waals surface area (Å²) in [6.45, 7) is 1.89. The summed E-state index contributed by atoms with van der Waals surface area (Å²) >= 11 is 7.38. The number of rotatable bonds is 6. The molecule has 1 N–H and O–H groups in total. The van der Waals surface area contributed by atoms with Crippen molar-refractivity contribution in [1.29, 1.82) is 0 Å². The predicted molar refractivity (Wildman–Crippen MR) is 114 cm³/mol. The number of hydrazone groups is 1. The lowest BCUT2D eigenvalue weighted by Gasteiger charge is -2.09. The third-order valence-corrected chi connectivity index (χ3v) is 5.02. The molecule has 0 saturated carbocycles. The molecule has 0 aliphatic rings. The van der Waals surface area contributed by atoms with Gasteiger partial charge >= 0.3 is 5.97 Å². The molecule has 0 aliphatic carbocycles. The van der Waals surface area contributed by atoms with Gasteiger partial charge in [-0.15, -0.1) is 11.3 Å². The van der Waals surface area contributed by atoms with Crippen LogP contribution in [0, 0.1) is 6.92 Å². The number of halogens is 1. The molecule has 1 heterocycles. The van der Waals surface area contributed by atoms with Gasteiger partial charge in [0.2, 0.25) is 0 Å². The van der Waals surface area contributed by atoms with Gasteiger partial charge in [0, 0.05) is 0 Å². The second kappa shape index (κ2) is 9.36. The van der Waals surface area contributed by atoms with Gasteiger partial charge < -0.3 is 9.47 Å². The predicted octanol–water partition coefficient (Wildman–Crippen LogP) is 4.70. The number of nitrogens with one attached hydrogen (secondary N) is 1. The summed E-state index contributed by atoms with van der Waals surface area (Å²) in [7, 11) is 1.47. The Bertz CT molecular complexity index is 1060. The van der Waals surface area contributed by atoms with E-state index in [1.54, 1.807) is 53.9 Å². The van der Waals surface area contributed by atoms with Crippen LogP contribution in [0.15, 0.2) is 59.0 Å². The zero-order valence-corrected chi connectivity index (χ0v) is 17.2. The van der Waals surface area contributed by atoms with Gasteiger partial charge in [0.15, 0.2) is 11.5 Å². The summed E-state index contributed by atoms with van der Waals surface area (Å²) in [4.78, 5) is 24.8. The Balaban J connectivity index is 1.68. The standard InChI is InChI=1S/C21H17ClN2O4S/c1-13-5-7-15(16(22)10-13)20(25)24-23-12-14-6-8-17(18(11-14)27-2)28-21(26)19-4-3-9-29-19/h3-12H,1-2H3,(H,24,25)/b23-12-. The Morgan fingerprint density at radius 3 is 2.66 bits per heavy atom. The number of carbonyl (C=O) groups is 2. The van der Waals surface area contributed by atoms with Crippen molar-refractivity contribution < 1.29 is 19.1 Å². The van der Waals surface area contributed by atoms with Crippen molar-refractivity contribution in [2.24, 2.45) is 5.10 Å². The summed E-state index contributed by atoms with van der Waals surface area (Å²) in [6, 6.07) is 13.5. The number of benzene rings is 2. The largest absolute Gasteiger partial charge is 0.493 e. The van der Waals surface area contributed by atoms with Crippen LogP contribution >= 0.6 is 22.9 Å². The van der Waals surface area contributed by atoms with Crippen molar-refractivity contribution in [3.8, 4) is 11.5 Å². The zero-order chi connectivity index (χ0) is 20.8. The molecule has 0 aliphatic heterocycles. The number of esters is 1. The first-order chi connectivity index (χ1) is 14.0. The molecule has 0 unspecified atom stereocenters. The third-order valence-electron chi connectivity index (χ3n) is 3.86. The summed E-state index contributed by atoms with van der Waals surface area (Å²) in [5.74, 6) is -0.216. The molecule has 29 heavy (non-hydrogen) atoms. The maximum atomic E-state index is 12.2. The number of hydrogen-bond donors (Lipinski definition) is 1. The molecule has 0 fully saturated rings. The van der Waals surface area contributed by atoms with Gasteiger partial charge in [0.1, 0.15) is 4.88 Å². The second-order valence-corrected chi connectivity index (χ2v) is 7.31. The molecule has 148 valence electrons. The van der Waals surface area contributed by atoms with Crippen molar-refractivity contribution in [2.45, 2.75) is 6.92 Å². The summed E-state index contributed by atoms with van der Waals surface area (Å²) < 4.78 is 10.7. The lowest BCUT2D eigenvalue weighted by molar-refractivity contribution is 0.0734. The fraction of sp³-hybridized carbons (Fsp3) is 0.0952. The Morgan fingerprint density at radius 2 is 1.97 bits per heavy atom. The molecular formula is C21H17ClN2O4S. The van der Waals surface area contributed by atoms with Crippen LogP contribution in [0.5, 0.6) is 11.5 Å². The average Bonchev–Trinajstić information content (AvgIpc) is 3.23. The van der Waals surface area contributed by atoms with Crippen LogP contribution in [0.2, 0.25) is 5.02 Å². The van der Waals surface area contributed by atoms with Gasteiger partial charge in [0.25, 0.3) is 5.91 Å². The zero-order valence-electron chi connectivity index (χ0n) is 15.6. The van der Waals surface area contributed by atoms with Crippen LogP contribution in [0.25, 0.3) is 0 Å². The van der Waals surface area contributed by atoms with Crippen LogP contribution in [0.4, 0.5) is 0 Å². The quantitative estimate of drug-likeness (QED) is 0.267. The van der Waals surface area contributed by atoms with E-state index in [-0.39, 0.29) is 0 Å². The van der Waals surface area contributed by atoms with Crippen LogP contribution in [-0.2, 0) is 0 Å². The Kier molecular flexibility index (Phi) is 6.64. The topological polar surface area (TPSA) is 77.0 Å². The number of carbonyl (C=O) groups excluding carboxylic acids is 2. The highest BCUT2D eigenvalue weighted by atomic mass is 35.5. The Morgan fingerprint density at radius 1 is 1.14 bits per heavy atom. The Hall–Kier alpha value is -3.16. The number of ether oxygens (including phenoxy) is 2. The van der Waals surface area contributed by atoms with E-state index in [1.807, 2.05) is 6.92 Å². The van der Waals surface area contributed by atoms with Gasteiger partial charge in [-0.3, -0.25) is 4.79 Å². The lowest BCUT2D eigenvalue weighted by Crippen LogP contribution is -2.18. The van der Waals surface area contributed by atoms with Gasteiger partial charge in [-0.05, 0) is 59.8 Å². The highest BCUT2D eigenvalue weighted by molar-refractivity contribution is 7.12. The molecule has 0 bridgehead atoms. The number of thiophene rings is 1. The van der Waals surface area contributed by atoms with Crippen LogP contribution in [0.1, 0.15) is 31.2 Å². The first kappa shape index (κ1) is 20.6. The number of nitrogens with zero attached hydrogens (tertiary/aromatic N) is 1. The van der Waals surface area contributed by atoms with Crippen molar-refractivity contribution in [1.82, 2.24) is 5.43 Å². The minimum atomic E-state index is -0.457. The van der Waals surface area contributed by atoms with Gasteiger partial charge in [0.05, 0.1) is 23.9 Å². The molecular weight excluding hydrogens is 412 g/mol. The van der Waals surface area contributed by atoms with E-state index in [0.29, 0.717) is 32.5 Å². The normalized spacial score (nSPS) is 10.7. The first-order valence-corrected chi connectivity index (χ1v) is 9.77. The van der Waals surface area contributed by atoms with E-state index in [4.69, 9.17) is 21.1 Å². The number of hydrogen-bond acceptors (Lipinski definition) is 6. The molecule has 3 aromatic rings. The van der Waals surface area contributed by atoms with E-state index in [2.05, 4.69) is 10.5 Å². The highest BCUT2D eigenvalue weighted by Gasteiger charge is 2.13. The maximum Gasteiger partial charge on any atom is 0.353 e. The number of aryl methyl sites for hydroxylation is 1. The van der Waals surface area contributed by atoms with Gasteiger partial charge in [-0.2, -0.15) is 5.10 Å². The Labute approximate surface area is 176 Å². The molecule has 1 amide bonds. The molecule has 0 radical (unpaired) electrons. The molecule has 3 rings (SSSR count). The second-order valence-electron chi connectivity index (χ2n) is 5.96. The molecule has 1 aromatic heterocycles. The fourth-order valence-corrected chi connectivity index (χ4v) is 3.34. The van der Waals surface area contributed by atoms with Crippen molar-refractivity contribution in [2.75, 3.05) is 7.11 Å². The van der Waals surface area contributed by atoms with E-state index >= 15 is 0 Å². The van der Waals surface area contributed by atoms with Crippen LogP contribution < -0.4 is 14.9 Å². The minimum absolute atomic E-state index is 0.290. The average molecular weight is 429 g/mol. The highest BCUT2D eigenvalue weighted by Crippen LogP contribution is 2.29. The number of amides is 1. The first-order valence-electron chi connectivity index (χ1n) is 8.51. The van der Waals surface area contributed by atoms with Gasteiger partial charge in [-0.1, -0.05) is 23.7 Å². The molecule has 2 aromatic carbocycles. The van der Waals surface area contributed by atoms with Gasteiger partial charge in [-0.25, -0.2) is 10.2 Å². The van der Waals surface area contributed by atoms with E-state index in [1.165, 1.54) is 24.7 Å². The summed E-state index contributed by atoms with van der Waals surface area (Å²) in [5.41, 5.74) is 4.37. The SMILES string of the molecule is COc1cc(/C=N\NC(=O)c2ccc(C)cc2Cl)ccc1OC(=O)c1cccs1. The molecule has 6 nitrogen and oxygen atoms in total. The third kappa shape index (κ3) is 5.22. The van der Waals surface area contributed by atoms with E-state index in [0.717, 1.165) is 5.56 Å². The minimum Gasteiger partial charge on any atom is -0.493 e. The van der Waals surface area contributed by atoms with E-state index in [9.17, 15) is 9.59 Å². The van der Waals surface area contributed by atoms with Crippen LogP contribution in [0.3, 0.4) is 0 Å². The molecule has 0 saturated heterocycles. The molecule has 0 atom stereocenters. The van der Waals surface area contributed by atoms with Crippen molar-refractivity contribution in [3.05, 3.63) is 80.5 Å². The van der Waals surface area contributed by atoms with Crippen LogP contribution in [-0.4, -0.2) is 25.2 Å². The number of methoxy groups -OCH3 is 1.